The van der Waals surface area contributed by atoms with Gasteiger partial charge >= 0.3 is 0 Å². The van der Waals surface area contributed by atoms with Crippen molar-refractivity contribution in [3.63, 3.8) is 0 Å². The minimum atomic E-state index is -0.0210. The van der Waals surface area contributed by atoms with Gasteiger partial charge in [-0.1, -0.05) is 0 Å². The van der Waals surface area contributed by atoms with Crippen LogP contribution in [0.5, 0.6) is 0 Å². The molecule has 0 fully saturated rings. The van der Waals surface area contributed by atoms with Gasteiger partial charge in [-0.2, -0.15) is 0 Å². The third-order valence-electron chi connectivity index (χ3n) is 1.85. The number of pyridine rings is 1. The zero-order valence-corrected chi connectivity index (χ0v) is 9.00. The number of rotatable bonds is 5. The van der Waals surface area contributed by atoms with Crippen LogP contribution in [0.15, 0.2) is 18.5 Å². The van der Waals surface area contributed by atoms with Gasteiger partial charge in [0.1, 0.15) is 0 Å². The quantitative estimate of drug-likeness (QED) is 0.665. The molecule has 0 saturated heterocycles. The molecule has 0 radical (unpaired) electrons. The maximum absolute atomic E-state index is 11.2. The lowest BCUT2D eigenvalue weighted by Gasteiger charge is -2.07. The SMILES string of the molecule is CCNC(=O)CNc1cncc(NC)c1. The molecule has 0 saturated carbocycles. The standard InChI is InChI=1S/C10H16N4O/c1-3-13-10(15)7-14-9-4-8(11-2)5-12-6-9/h4-6,11,14H,3,7H2,1-2H3,(H,13,15). The number of hydrogen-bond donors (Lipinski definition) is 3. The number of amides is 1. The van der Waals surface area contributed by atoms with E-state index in [4.69, 9.17) is 0 Å². The highest BCUT2D eigenvalue weighted by Crippen LogP contribution is 2.11. The van der Waals surface area contributed by atoms with Crippen LogP contribution in [0.1, 0.15) is 6.92 Å². The van der Waals surface area contributed by atoms with Gasteiger partial charge in [0, 0.05) is 13.6 Å². The van der Waals surface area contributed by atoms with Crippen molar-refractivity contribution in [2.24, 2.45) is 0 Å². The Hall–Kier alpha value is -1.78. The van der Waals surface area contributed by atoms with Crippen LogP contribution in [0.2, 0.25) is 0 Å². The second-order valence-electron chi connectivity index (χ2n) is 3.02. The molecule has 1 amide bonds. The van der Waals surface area contributed by atoms with Crippen molar-refractivity contribution in [1.82, 2.24) is 10.3 Å². The summed E-state index contributed by atoms with van der Waals surface area (Å²) in [4.78, 5) is 15.2. The molecular formula is C10H16N4O. The molecule has 1 aromatic rings. The van der Waals surface area contributed by atoms with Crippen LogP contribution >= 0.6 is 0 Å². The number of carbonyl (C=O) groups is 1. The minimum Gasteiger partial charge on any atom is -0.387 e. The number of anilines is 2. The lowest BCUT2D eigenvalue weighted by molar-refractivity contribution is -0.119. The Morgan fingerprint density at radius 2 is 2.13 bits per heavy atom. The van der Waals surface area contributed by atoms with E-state index in [1.807, 2.05) is 20.0 Å². The second kappa shape index (κ2) is 5.85. The minimum absolute atomic E-state index is 0.0210. The largest absolute Gasteiger partial charge is 0.387 e. The molecule has 82 valence electrons. The molecule has 0 bridgehead atoms. The Balaban J connectivity index is 2.46. The van der Waals surface area contributed by atoms with Crippen LogP contribution in [-0.4, -0.2) is 31.0 Å². The van der Waals surface area contributed by atoms with Gasteiger partial charge < -0.3 is 16.0 Å². The number of likely N-dealkylation sites (N-methyl/N-ethyl adjacent to an activating group) is 1. The van der Waals surface area contributed by atoms with Crippen molar-refractivity contribution >= 4 is 17.3 Å². The first kappa shape index (κ1) is 11.3. The molecule has 5 heteroatoms. The molecule has 0 aliphatic heterocycles. The molecule has 0 unspecified atom stereocenters. The predicted octanol–water partition coefficient (Wildman–Crippen LogP) is 0.671. The maximum atomic E-state index is 11.2. The first-order chi connectivity index (χ1) is 7.26. The highest BCUT2D eigenvalue weighted by atomic mass is 16.1. The van der Waals surface area contributed by atoms with E-state index in [0.717, 1.165) is 11.4 Å². The second-order valence-corrected chi connectivity index (χ2v) is 3.02. The highest BCUT2D eigenvalue weighted by Gasteiger charge is 1.99. The lowest BCUT2D eigenvalue weighted by atomic mass is 10.3. The molecule has 5 nitrogen and oxygen atoms in total. The first-order valence-electron chi connectivity index (χ1n) is 4.89. The van der Waals surface area contributed by atoms with Gasteiger partial charge in [0.05, 0.1) is 30.3 Å². The van der Waals surface area contributed by atoms with Gasteiger partial charge in [-0.25, -0.2) is 0 Å². The average Bonchev–Trinajstić information content (AvgIpc) is 2.27. The van der Waals surface area contributed by atoms with E-state index in [1.54, 1.807) is 12.4 Å². The number of nitrogens with zero attached hydrogens (tertiary/aromatic N) is 1. The normalized spacial score (nSPS) is 9.47. The fourth-order valence-electron chi connectivity index (χ4n) is 1.12. The summed E-state index contributed by atoms with van der Waals surface area (Å²) in [5.41, 5.74) is 1.74. The fraction of sp³-hybridized carbons (Fsp3) is 0.400. The van der Waals surface area contributed by atoms with Crippen molar-refractivity contribution in [3.05, 3.63) is 18.5 Å². The van der Waals surface area contributed by atoms with E-state index in [9.17, 15) is 4.79 Å². The molecule has 0 aliphatic rings. The lowest BCUT2D eigenvalue weighted by Crippen LogP contribution is -2.29. The molecule has 15 heavy (non-hydrogen) atoms. The average molecular weight is 208 g/mol. The monoisotopic (exact) mass is 208 g/mol. The highest BCUT2D eigenvalue weighted by molar-refractivity contribution is 5.80. The van der Waals surface area contributed by atoms with Gasteiger partial charge in [0.15, 0.2) is 0 Å². The van der Waals surface area contributed by atoms with E-state index in [0.29, 0.717) is 6.54 Å². The van der Waals surface area contributed by atoms with Crippen molar-refractivity contribution in [1.29, 1.82) is 0 Å². The molecule has 1 heterocycles. The molecule has 0 atom stereocenters. The zero-order valence-electron chi connectivity index (χ0n) is 9.00. The van der Waals surface area contributed by atoms with E-state index in [-0.39, 0.29) is 12.5 Å². The van der Waals surface area contributed by atoms with Gasteiger partial charge in [-0.05, 0) is 13.0 Å². The van der Waals surface area contributed by atoms with Crippen LogP contribution in [-0.2, 0) is 4.79 Å². The summed E-state index contributed by atoms with van der Waals surface area (Å²) in [5.74, 6) is -0.0210. The van der Waals surface area contributed by atoms with Gasteiger partial charge in [-0.15, -0.1) is 0 Å². The first-order valence-corrected chi connectivity index (χ1v) is 4.89. The Morgan fingerprint density at radius 1 is 1.40 bits per heavy atom. The number of hydrogen-bond acceptors (Lipinski definition) is 4. The molecule has 1 aromatic heterocycles. The van der Waals surface area contributed by atoms with E-state index in [1.165, 1.54) is 0 Å². The van der Waals surface area contributed by atoms with Gasteiger partial charge in [0.2, 0.25) is 5.91 Å². The summed E-state index contributed by atoms with van der Waals surface area (Å²) in [6.07, 6.45) is 3.40. The predicted molar refractivity (Wildman–Crippen MR) is 61.0 cm³/mol. The summed E-state index contributed by atoms with van der Waals surface area (Å²) in [7, 11) is 1.82. The van der Waals surface area contributed by atoms with E-state index in [2.05, 4.69) is 20.9 Å². The molecule has 0 aliphatic carbocycles. The van der Waals surface area contributed by atoms with Crippen molar-refractivity contribution in [2.45, 2.75) is 6.92 Å². The van der Waals surface area contributed by atoms with Crippen LogP contribution in [0.25, 0.3) is 0 Å². The topological polar surface area (TPSA) is 66.0 Å². The van der Waals surface area contributed by atoms with Crippen molar-refractivity contribution in [2.75, 3.05) is 30.8 Å². The smallest absolute Gasteiger partial charge is 0.239 e. The molecular weight excluding hydrogens is 192 g/mol. The van der Waals surface area contributed by atoms with Crippen molar-refractivity contribution < 1.29 is 4.79 Å². The number of aromatic nitrogens is 1. The fourth-order valence-corrected chi connectivity index (χ4v) is 1.12. The summed E-state index contributed by atoms with van der Waals surface area (Å²) in [6, 6.07) is 1.90. The van der Waals surface area contributed by atoms with E-state index >= 15 is 0 Å². The number of carbonyl (C=O) groups excluding carboxylic acids is 1. The van der Waals surface area contributed by atoms with E-state index < -0.39 is 0 Å². The van der Waals surface area contributed by atoms with Crippen LogP contribution in [0.4, 0.5) is 11.4 Å². The Morgan fingerprint density at radius 3 is 2.80 bits per heavy atom. The summed E-state index contributed by atoms with van der Waals surface area (Å²) < 4.78 is 0. The third-order valence-corrected chi connectivity index (χ3v) is 1.85. The third kappa shape index (κ3) is 3.84. The Kier molecular flexibility index (Phi) is 4.40. The summed E-state index contributed by atoms with van der Waals surface area (Å²) >= 11 is 0. The zero-order chi connectivity index (χ0) is 11.1. The van der Waals surface area contributed by atoms with Crippen molar-refractivity contribution in [3.8, 4) is 0 Å². The Labute approximate surface area is 89.3 Å². The molecule has 0 aromatic carbocycles. The van der Waals surface area contributed by atoms with Gasteiger partial charge in [-0.3, -0.25) is 9.78 Å². The maximum Gasteiger partial charge on any atom is 0.239 e. The summed E-state index contributed by atoms with van der Waals surface area (Å²) in [5, 5.41) is 8.67. The summed E-state index contributed by atoms with van der Waals surface area (Å²) in [6.45, 7) is 2.80. The van der Waals surface area contributed by atoms with Crippen LogP contribution in [0, 0.1) is 0 Å². The Bertz CT molecular complexity index is 327. The molecule has 1 rings (SSSR count). The van der Waals surface area contributed by atoms with Gasteiger partial charge in [0.25, 0.3) is 0 Å². The van der Waals surface area contributed by atoms with Crippen LogP contribution in [0.3, 0.4) is 0 Å². The number of nitrogens with one attached hydrogen (secondary N) is 3. The van der Waals surface area contributed by atoms with Crippen LogP contribution < -0.4 is 16.0 Å². The molecule has 0 spiro atoms. The molecule has 3 N–H and O–H groups in total.